The summed E-state index contributed by atoms with van der Waals surface area (Å²) in [5.41, 5.74) is 0. The highest BCUT2D eigenvalue weighted by Crippen LogP contribution is 2.30. The molecule has 3 heteroatoms. The molecule has 0 amide bonds. The summed E-state index contributed by atoms with van der Waals surface area (Å²) in [5.74, 6) is 2.60. The fraction of sp³-hybridized carbons (Fsp3) is 0.750. The van der Waals surface area contributed by atoms with Gasteiger partial charge in [-0.25, -0.2) is 0 Å². The van der Waals surface area contributed by atoms with Crippen LogP contribution in [-0.2, 0) is 11.3 Å². The van der Waals surface area contributed by atoms with Crippen LogP contribution in [0, 0.1) is 5.92 Å². The maximum absolute atomic E-state index is 5.91. The molecule has 0 fully saturated rings. The summed E-state index contributed by atoms with van der Waals surface area (Å²) < 4.78 is 11.0. The maximum atomic E-state index is 5.91. The molecule has 1 aromatic heterocycles. The molecule has 110 valence electrons. The predicted octanol–water partition coefficient (Wildman–Crippen LogP) is 4.29. The molecule has 3 nitrogen and oxygen atoms in total. The van der Waals surface area contributed by atoms with Crippen LogP contribution in [0.1, 0.15) is 64.0 Å². The van der Waals surface area contributed by atoms with Gasteiger partial charge in [-0.1, -0.05) is 40.0 Å². The molecule has 0 aliphatic carbocycles. The van der Waals surface area contributed by atoms with Crippen LogP contribution in [0.5, 0.6) is 0 Å². The van der Waals surface area contributed by atoms with Gasteiger partial charge in [0.1, 0.15) is 18.1 Å². The summed E-state index contributed by atoms with van der Waals surface area (Å²) in [4.78, 5) is 0. The van der Waals surface area contributed by atoms with Gasteiger partial charge < -0.3 is 14.5 Å². The topological polar surface area (TPSA) is 34.4 Å². The lowest BCUT2D eigenvalue weighted by Crippen LogP contribution is -2.27. The van der Waals surface area contributed by atoms with Gasteiger partial charge in [0.25, 0.3) is 0 Å². The molecule has 0 saturated carbocycles. The molecule has 0 aromatic carbocycles. The summed E-state index contributed by atoms with van der Waals surface area (Å²) in [7, 11) is 1.69. The quantitative estimate of drug-likeness (QED) is 0.686. The van der Waals surface area contributed by atoms with E-state index in [0.29, 0.717) is 18.6 Å². The van der Waals surface area contributed by atoms with E-state index in [4.69, 9.17) is 9.15 Å². The third-order valence-corrected chi connectivity index (χ3v) is 3.62. The number of unbranched alkanes of at least 4 members (excludes halogenated alkanes) is 1. The van der Waals surface area contributed by atoms with Gasteiger partial charge in [-0.05, 0) is 31.0 Å². The van der Waals surface area contributed by atoms with Crippen LogP contribution in [-0.4, -0.2) is 13.7 Å². The van der Waals surface area contributed by atoms with Gasteiger partial charge in [0.2, 0.25) is 0 Å². The monoisotopic (exact) mass is 267 g/mol. The van der Waals surface area contributed by atoms with Gasteiger partial charge in [0, 0.05) is 7.11 Å². The van der Waals surface area contributed by atoms with Crippen molar-refractivity contribution in [2.75, 3.05) is 13.7 Å². The third kappa shape index (κ3) is 5.00. The molecule has 0 saturated heterocycles. The Hall–Kier alpha value is -0.800. The van der Waals surface area contributed by atoms with Crippen molar-refractivity contribution in [1.29, 1.82) is 0 Å². The van der Waals surface area contributed by atoms with E-state index in [-0.39, 0.29) is 0 Å². The maximum Gasteiger partial charge on any atom is 0.129 e. The molecule has 0 aliphatic heterocycles. The Bertz CT molecular complexity index is 335. The van der Waals surface area contributed by atoms with Crippen molar-refractivity contribution in [3.8, 4) is 0 Å². The Labute approximate surface area is 117 Å². The highest BCUT2D eigenvalue weighted by Gasteiger charge is 2.23. The van der Waals surface area contributed by atoms with Gasteiger partial charge in [-0.15, -0.1) is 0 Å². The Balaban J connectivity index is 2.77. The Kier molecular flexibility index (Phi) is 7.84. The zero-order valence-electron chi connectivity index (χ0n) is 12.9. The van der Waals surface area contributed by atoms with Gasteiger partial charge in [-0.3, -0.25) is 0 Å². The molecule has 0 bridgehead atoms. The zero-order valence-corrected chi connectivity index (χ0v) is 12.9. The molecule has 1 heterocycles. The average molecular weight is 267 g/mol. The number of rotatable bonds is 10. The first-order valence-corrected chi connectivity index (χ1v) is 7.57. The third-order valence-electron chi connectivity index (χ3n) is 3.62. The number of methoxy groups -OCH3 is 1. The van der Waals surface area contributed by atoms with Crippen molar-refractivity contribution < 1.29 is 9.15 Å². The van der Waals surface area contributed by atoms with E-state index in [9.17, 15) is 0 Å². The number of nitrogens with one attached hydrogen (secondary N) is 1. The second-order valence-electron chi connectivity index (χ2n) is 5.08. The van der Waals surface area contributed by atoms with E-state index in [1.165, 1.54) is 25.7 Å². The SMILES string of the molecule is CCCCC(CC)C(NCC)c1ccc(COC)o1. The van der Waals surface area contributed by atoms with Gasteiger partial charge in [0.15, 0.2) is 0 Å². The van der Waals surface area contributed by atoms with E-state index in [1.807, 2.05) is 6.07 Å². The molecule has 0 spiro atoms. The standard InChI is InChI=1S/C16H29NO2/c1-5-8-9-13(6-2)16(17-7-3)15-11-10-14(19-15)12-18-4/h10-11,13,16-17H,5-9,12H2,1-4H3. The van der Waals surface area contributed by atoms with Crippen molar-refractivity contribution in [2.45, 2.75) is 59.1 Å². The van der Waals surface area contributed by atoms with Crippen LogP contribution in [0.15, 0.2) is 16.5 Å². The summed E-state index contributed by atoms with van der Waals surface area (Å²) in [6.07, 6.45) is 4.97. The molecular weight excluding hydrogens is 238 g/mol. The van der Waals surface area contributed by atoms with Crippen molar-refractivity contribution >= 4 is 0 Å². The van der Waals surface area contributed by atoms with Gasteiger partial charge in [-0.2, -0.15) is 0 Å². The average Bonchev–Trinajstić information content (AvgIpc) is 2.87. The number of ether oxygens (including phenoxy) is 1. The van der Waals surface area contributed by atoms with Crippen LogP contribution in [0.25, 0.3) is 0 Å². The second kappa shape index (κ2) is 9.16. The van der Waals surface area contributed by atoms with Crippen LogP contribution < -0.4 is 5.32 Å². The number of furan rings is 1. The Morgan fingerprint density at radius 1 is 1.26 bits per heavy atom. The van der Waals surface area contributed by atoms with Crippen molar-refractivity contribution in [2.24, 2.45) is 5.92 Å². The van der Waals surface area contributed by atoms with Gasteiger partial charge >= 0.3 is 0 Å². The first-order chi connectivity index (χ1) is 9.26. The van der Waals surface area contributed by atoms with Crippen molar-refractivity contribution in [3.05, 3.63) is 23.7 Å². The van der Waals surface area contributed by atoms with Crippen molar-refractivity contribution in [3.63, 3.8) is 0 Å². The van der Waals surface area contributed by atoms with Gasteiger partial charge in [0.05, 0.1) is 6.04 Å². The molecule has 2 atom stereocenters. The molecule has 1 rings (SSSR count). The number of hydrogen-bond acceptors (Lipinski definition) is 3. The van der Waals surface area contributed by atoms with Crippen LogP contribution in [0.3, 0.4) is 0 Å². The van der Waals surface area contributed by atoms with E-state index in [0.717, 1.165) is 18.1 Å². The number of hydrogen-bond donors (Lipinski definition) is 1. The minimum Gasteiger partial charge on any atom is -0.462 e. The molecule has 1 aromatic rings. The Morgan fingerprint density at radius 2 is 2.05 bits per heavy atom. The molecule has 1 N–H and O–H groups in total. The van der Waals surface area contributed by atoms with Crippen LogP contribution in [0.4, 0.5) is 0 Å². The predicted molar refractivity (Wildman–Crippen MR) is 79.1 cm³/mol. The summed E-state index contributed by atoms with van der Waals surface area (Å²) in [5, 5.41) is 3.58. The van der Waals surface area contributed by atoms with E-state index in [2.05, 4.69) is 32.2 Å². The smallest absolute Gasteiger partial charge is 0.129 e. The molecule has 0 radical (unpaired) electrons. The summed E-state index contributed by atoms with van der Waals surface area (Å²) >= 11 is 0. The second-order valence-corrected chi connectivity index (χ2v) is 5.08. The van der Waals surface area contributed by atoms with Crippen LogP contribution in [0.2, 0.25) is 0 Å². The Morgan fingerprint density at radius 3 is 2.63 bits per heavy atom. The minimum absolute atomic E-state index is 0.326. The van der Waals surface area contributed by atoms with E-state index in [1.54, 1.807) is 7.11 Å². The lowest BCUT2D eigenvalue weighted by Gasteiger charge is -2.25. The van der Waals surface area contributed by atoms with E-state index < -0.39 is 0 Å². The zero-order chi connectivity index (χ0) is 14.1. The summed E-state index contributed by atoms with van der Waals surface area (Å²) in [6, 6.07) is 4.44. The lowest BCUT2D eigenvalue weighted by molar-refractivity contribution is 0.159. The summed E-state index contributed by atoms with van der Waals surface area (Å²) in [6.45, 7) is 8.18. The fourth-order valence-electron chi connectivity index (χ4n) is 2.57. The molecular formula is C16H29NO2. The minimum atomic E-state index is 0.326. The normalized spacial score (nSPS) is 14.5. The molecule has 0 aliphatic rings. The highest BCUT2D eigenvalue weighted by molar-refractivity contribution is 5.11. The van der Waals surface area contributed by atoms with Crippen LogP contribution >= 0.6 is 0 Å². The first-order valence-electron chi connectivity index (χ1n) is 7.57. The fourth-order valence-corrected chi connectivity index (χ4v) is 2.57. The van der Waals surface area contributed by atoms with Crippen molar-refractivity contribution in [1.82, 2.24) is 5.32 Å². The largest absolute Gasteiger partial charge is 0.462 e. The van der Waals surface area contributed by atoms with E-state index >= 15 is 0 Å². The lowest BCUT2D eigenvalue weighted by atomic mass is 9.90. The molecule has 19 heavy (non-hydrogen) atoms. The highest BCUT2D eigenvalue weighted by atomic mass is 16.5. The first kappa shape index (κ1) is 16.3. The molecule has 2 unspecified atom stereocenters.